The van der Waals surface area contributed by atoms with Crippen molar-refractivity contribution in [2.24, 2.45) is 0 Å². The van der Waals surface area contributed by atoms with Crippen LogP contribution in [0.2, 0.25) is 0 Å². The number of likely N-dealkylation sites (tertiary alicyclic amines) is 1. The Hall–Kier alpha value is -2.53. The van der Waals surface area contributed by atoms with E-state index in [0.717, 1.165) is 68.0 Å². The molecule has 0 atom stereocenters. The van der Waals surface area contributed by atoms with E-state index in [0.29, 0.717) is 0 Å². The van der Waals surface area contributed by atoms with Gasteiger partial charge < -0.3 is 19.7 Å². The molecule has 1 heterocycles. The Morgan fingerprint density at radius 1 is 0.853 bits per heavy atom. The second-order valence-corrected chi connectivity index (χ2v) is 9.81. The van der Waals surface area contributed by atoms with Crippen molar-refractivity contribution in [1.29, 1.82) is 0 Å². The zero-order valence-corrected chi connectivity index (χ0v) is 20.7. The number of anilines is 1. The lowest BCUT2D eigenvalue weighted by atomic mass is 9.68. The third kappa shape index (κ3) is 6.32. The molecule has 0 spiro atoms. The number of hydrogen-bond donors (Lipinski definition) is 1. The van der Waals surface area contributed by atoms with Crippen molar-refractivity contribution in [3.8, 4) is 11.5 Å². The van der Waals surface area contributed by atoms with Gasteiger partial charge in [-0.1, -0.05) is 44.2 Å². The summed E-state index contributed by atoms with van der Waals surface area (Å²) in [5, 5.41) is 3.19. The second-order valence-electron chi connectivity index (χ2n) is 9.81. The van der Waals surface area contributed by atoms with Crippen molar-refractivity contribution in [2.75, 3.05) is 38.7 Å². The molecule has 2 aromatic carbocycles. The van der Waals surface area contributed by atoms with Crippen molar-refractivity contribution in [3.63, 3.8) is 0 Å². The summed E-state index contributed by atoms with van der Waals surface area (Å²) in [7, 11) is 1.67. The molecule has 34 heavy (non-hydrogen) atoms. The van der Waals surface area contributed by atoms with E-state index in [9.17, 15) is 4.79 Å². The largest absolute Gasteiger partial charge is 0.497 e. The minimum absolute atomic E-state index is 0.0866. The van der Waals surface area contributed by atoms with E-state index in [2.05, 4.69) is 10.2 Å². The smallest absolute Gasteiger partial charge is 0.235 e. The van der Waals surface area contributed by atoms with Gasteiger partial charge >= 0.3 is 0 Å². The van der Waals surface area contributed by atoms with Crippen LogP contribution in [-0.2, 0) is 10.2 Å². The highest BCUT2D eigenvalue weighted by Gasteiger charge is 2.41. The molecule has 5 heteroatoms. The van der Waals surface area contributed by atoms with Gasteiger partial charge in [-0.25, -0.2) is 0 Å². The first-order valence-corrected chi connectivity index (χ1v) is 13.1. The number of hydrogen-bond acceptors (Lipinski definition) is 4. The Balaban J connectivity index is 1.31. The molecule has 0 radical (unpaired) electrons. The zero-order chi connectivity index (χ0) is 23.6. The maximum absolute atomic E-state index is 13.5. The van der Waals surface area contributed by atoms with Crippen LogP contribution in [0.15, 0.2) is 48.5 Å². The van der Waals surface area contributed by atoms with Crippen LogP contribution in [0.1, 0.15) is 69.8 Å². The molecule has 184 valence electrons. The number of benzene rings is 2. The number of carbonyl (C=O) groups excluding carboxylic acids is 1. The van der Waals surface area contributed by atoms with Gasteiger partial charge in [0.15, 0.2) is 0 Å². The van der Waals surface area contributed by atoms with Crippen LogP contribution < -0.4 is 14.8 Å². The number of nitrogens with zero attached hydrogens (tertiary/aromatic N) is 1. The summed E-state index contributed by atoms with van der Waals surface area (Å²) >= 11 is 0. The molecular weight excluding hydrogens is 424 g/mol. The molecule has 2 fully saturated rings. The third-order valence-electron chi connectivity index (χ3n) is 7.48. The van der Waals surface area contributed by atoms with Gasteiger partial charge in [0.25, 0.3) is 0 Å². The van der Waals surface area contributed by atoms with Crippen molar-refractivity contribution in [3.05, 3.63) is 54.1 Å². The van der Waals surface area contributed by atoms with Crippen molar-refractivity contribution in [2.45, 2.75) is 69.6 Å². The van der Waals surface area contributed by atoms with E-state index in [1.807, 2.05) is 48.5 Å². The third-order valence-corrected chi connectivity index (χ3v) is 7.48. The van der Waals surface area contributed by atoms with Gasteiger partial charge in [-0.2, -0.15) is 0 Å². The molecule has 4 rings (SSSR count). The van der Waals surface area contributed by atoms with Gasteiger partial charge in [0.05, 0.1) is 19.1 Å². The predicted molar refractivity (Wildman–Crippen MR) is 138 cm³/mol. The summed E-state index contributed by atoms with van der Waals surface area (Å²) in [6.07, 6.45) is 11.5. The summed E-state index contributed by atoms with van der Waals surface area (Å²) < 4.78 is 11.3. The first-order valence-electron chi connectivity index (χ1n) is 13.1. The van der Waals surface area contributed by atoms with E-state index >= 15 is 0 Å². The lowest BCUT2D eigenvalue weighted by molar-refractivity contribution is -0.122. The number of amides is 1. The summed E-state index contributed by atoms with van der Waals surface area (Å²) in [5.41, 5.74) is 1.42. The Labute approximate surface area is 204 Å². The summed E-state index contributed by atoms with van der Waals surface area (Å²) in [6.45, 7) is 4.29. The topological polar surface area (TPSA) is 50.8 Å². The lowest BCUT2D eigenvalue weighted by Crippen LogP contribution is -2.42. The highest BCUT2D eigenvalue weighted by atomic mass is 16.5. The van der Waals surface area contributed by atoms with Crippen LogP contribution in [0.25, 0.3) is 0 Å². The Morgan fingerprint density at radius 2 is 1.47 bits per heavy atom. The van der Waals surface area contributed by atoms with Gasteiger partial charge in [-0.15, -0.1) is 0 Å². The van der Waals surface area contributed by atoms with Crippen LogP contribution in [0, 0.1) is 0 Å². The molecule has 2 aliphatic rings. The number of nitrogens with one attached hydrogen (secondary N) is 1. The molecular formula is C29H40N2O3. The summed E-state index contributed by atoms with van der Waals surface area (Å²) in [4.78, 5) is 16.1. The van der Waals surface area contributed by atoms with Crippen molar-refractivity contribution >= 4 is 11.6 Å². The quantitative estimate of drug-likeness (QED) is 0.450. The Bertz CT molecular complexity index is 881. The van der Waals surface area contributed by atoms with Gasteiger partial charge in [0, 0.05) is 12.2 Å². The molecule has 1 aliphatic carbocycles. The molecule has 1 saturated heterocycles. The minimum Gasteiger partial charge on any atom is -0.497 e. The Morgan fingerprint density at radius 3 is 2.12 bits per heavy atom. The Kier molecular flexibility index (Phi) is 8.86. The zero-order valence-electron chi connectivity index (χ0n) is 20.7. The SMILES string of the molecule is COc1ccc(C2(C(=O)Nc3ccc(OCCCN4CCCCCC4)cc3)CCCCC2)cc1. The molecule has 0 bridgehead atoms. The van der Waals surface area contributed by atoms with Crippen LogP contribution in [0.5, 0.6) is 11.5 Å². The monoisotopic (exact) mass is 464 g/mol. The fourth-order valence-corrected chi connectivity index (χ4v) is 5.44. The van der Waals surface area contributed by atoms with Crippen LogP contribution in [0.3, 0.4) is 0 Å². The maximum atomic E-state index is 13.5. The van der Waals surface area contributed by atoms with Gasteiger partial charge in [0.2, 0.25) is 5.91 Å². The minimum atomic E-state index is -0.479. The van der Waals surface area contributed by atoms with E-state index < -0.39 is 5.41 Å². The molecule has 1 amide bonds. The van der Waals surface area contributed by atoms with E-state index in [1.54, 1.807) is 7.11 Å². The maximum Gasteiger partial charge on any atom is 0.235 e. The van der Waals surface area contributed by atoms with E-state index in [-0.39, 0.29) is 5.91 Å². The van der Waals surface area contributed by atoms with Crippen molar-refractivity contribution < 1.29 is 14.3 Å². The highest BCUT2D eigenvalue weighted by Crippen LogP contribution is 2.41. The standard InChI is InChI=1S/C29H40N2O3/c1-33-26-14-10-24(11-15-26)29(18-5-4-6-19-29)28(32)30-25-12-16-27(17-13-25)34-23-9-22-31-20-7-2-3-8-21-31/h10-17H,2-9,18-23H2,1H3,(H,30,32). The number of methoxy groups -OCH3 is 1. The fraction of sp³-hybridized carbons (Fsp3) is 0.552. The van der Waals surface area contributed by atoms with Crippen LogP contribution in [-0.4, -0.2) is 44.2 Å². The summed E-state index contributed by atoms with van der Waals surface area (Å²) in [6, 6.07) is 15.8. The molecule has 1 saturated carbocycles. The number of carbonyl (C=O) groups is 1. The van der Waals surface area contributed by atoms with Gasteiger partial charge in [0.1, 0.15) is 11.5 Å². The number of ether oxygens (including phenoxy) is 2. The molecule has 0 unspecified atom stereocenters. The van der Waals surface area contributed by atoms with E-state index in [1.165, 1.54) is 45.2 Å². The average Bonchev–Trinajstić information content (AvgIpc) is 3.17. The summed E-state index contributed by atoms with van der Waals surface area (Å²) in [5.74, 6) is 1.76. The van der Waals surface area contributed by atoms with Crippen LogP contribution in [0.4, 0.5) is 5.69 Å². The van der Waals surface area contributed by atoms with Gasteiger partial charge in [-0.05, 0) is 87.2 Å². The molecule has 1 aliphatic heterocycles. The normalized spacial score (nSPS) is 18.6. The first kappa shape index (κ1) is 24.6. The molecule has 2 aromatic rings. The number of rotatable bonds is 9. The average molecular weight is 465 g/mol. The molecule has 1 N–H and O–H groups in total. The molecule has 0 aromatic heterocycles. The van der Waals surface area contributed by atoms with Crippen molar-refractivity contribution in [1.82, 2.24) is 4.90 Å². The fourth-order valence-electron chi connectivity index (χ4n) is 5.44. The first-order chi connectivity index (χ1) is 16.7. The van der Waals surface area contributed by atoms with Gasteiger partial charge in [-0.3, -0.25) is 4.79 Å². The van der Waals surface area contributed by atoms with E-state index in [4.69, 9.17) is 9.47 Å². The molecule has 5 nitrogen and oxygen atoms in total. The lowest BCUT2D eigenvalue weighted by Gasteiger charge is -2.36. The highest BCUT2D eigenvalue weighted by molar-refractivity contribution is 5.99. The van der Waals surface area contributed by atoms with Crippen LogP contribution >= 0.6 is 0 Å². The second kappa shape index (κ2) is 12.3. The predicted octanol–water partition coefficient (Wildman–Crippen LogP) is 6.18.